The summed E-state index contributed by atoms with van der Waals surface area (Å²) in [5, 5.41) is 8.91. The van der Waals surface area contributed by atoms with Gasteiger partial charge in [-0.2, -0.15) is 4.31 Å². The standard InChI is InChI=1S/C13H21NO3S2/c1-11-5-3-2-4-9-14(11)19(16,17)13-7-6-12(18-13)8-10-15/h6-7,11,15H,2-5,8-10H2,1H3. The Morgan fingerprint density at radius 1 is 1.37 bits per heavy atom. The molecule has 0 bridgehead atoms. The number of hydrogen-bond donors (Lipinski definition) is 1. The van der Waals surface area contributed by atoms with Crippen LogP contribution in [0.15, 0.2) is 16.3 Å². The zero-order valence-electron chi connectivity index (χ0n) is 11.2. The summed E-state index contributed by atoms with van der Waals surface area (Å²) in [5.41, 5.74) is 0. The molecule has 1 N–H and O–H groups in total. The lowest BCUT2D eigenvalue weighted by Crippen LogP contribution is -2.37. The SMILES string of the molecule is CC1CCCCCN1S(=O)(=O)c1ccc(CCO)s1. The Bertz CT molecular complexity index is 510. The molecular weight excluding hydrogens is 282 g/mol. The van der Waals surface area contributed by atoms with Crippen LogP contribution in [0.2, 0.25) is 0 Å². The topological polar surface area (TPSA) is 57.6 Å². The van der Waals surface area contributed by atoms with E-state index in [0.717, 1.165) is 30.6 Å². The Morgan fingerprint density at radius 3 is 2.89 bits per heavy atom. The molecule has 0 radical (unpaired) electrons. The molecule has 6 heteroatoms. The van der Waals surface area contributed by atoms with Crippen LogP contribution in [0.25, 0.3) is 0 Å². The van der Waals surface area contributed by atoms with E-state index in [4.69, 9.17) is 5.11 Å². The van der Waals surface area contributed by atoms with E-state index in [1.165, 1.54) is 11.3 Å². The lowest BCUT2D eigenvalue weighted by molar-refractivity contribution is 0.300. The van der Waals surface area contributed by atoms with E-state index < -0.39 is 10.0 Å². The fourth-order valence-corrected chi connectivity index (χ4v) is 5.64. The second kappa shape index (κ2) is 6.35. The molecule has 0 aromatic carbocycles. The highest BCUT2D eigenvalue weighted by atomic mass is 32.2. The van der Waals surface area contributed by atoms with Crippen molar-refractivity contribution in [3.63, 3.8) is 0 Å². The van der Waals surface area contributed by atoms with Gasteiger partial charge >= 0.3 is 0 Å². The lowest BCUT2D eigenvalue weighted by Gasteiger charge is -2.25. The molecule has 1 aromatic rings. The predicted octanol–water partition coefficient (Wildman–Crippen LogP) is 2.24. The van der Waals surface area contributed by atoms with Gasteiger partial charge in [0.2, 0.25) is 0 Å². The molecule has 0 saturated carbocycles. The van der Waals surface area contributed by atoms with Crippen molar-refractivity contribution in [2.75, 3.05) is 13.2 Å². The lowest BCUT2D eigenvalue weighted by atomic mass is 10.1. The summed E-state index contributed by atoms with van der Waals surface area (Å²) >= 11 is 1.28. The quantitative estimate of drug-likeness (QED) is 0.928. The molecule has 0 amide bonds. The van der Waals surface area contributed by atoms with Crippen LogP contribution in [0, 0.1) is 0 Å². The Balaban J connectivity index is 2.24. The van der Waals surface area contributed by atoms with Crippen LogP contribution in [0.4, 0.5) is 0 Å². The fraction of sp³-hybridized carbons (Fsp3) is 0.692. The van der Waals surface area contributed by atoms with Crippen molar-refractivity contribution in [3.8, 4) is 0 Å². The molecule has 1 atom stereocenters. The van der Waals surface area contributed by atoms with Gasteiger partial charge in [0.15, 0.2) is 0 Å². The number of aliphatic hydroxyl groups excluding tert-OH is 1. The van der Waals surface area contributed by atoms with Crippen molar-refractivity contribution < 1.29 is 13.5 Å². The molecule has 1 aliphatic heterocycles. The summed E-state index contributed by atoms with van der Waals surface area (Å²) in [4.78, 5) is 0.920. The number of nitrogens with zero attached hydrogens (tertiary/aromatic N) is 1. The smallest absolute Gasteiger partial charge is 0.252 e. The highest BCUT2D eigenvalue weighted by Gasteiger charge is 2.30. The highest BCUT2D eigenvalue weighted by Crippen LogP contribution is 2.29. The summed E-state index contributed by atoms with van der Waals surface area (Å²) in [6, 6.07) is 3.55. The number of sulfonamides is 1. The van der Waals surface area contributed by atoms with Crippen LogP contribution in [-0.2, 0) is 16.4 Å². The Hall–Kier alpha value is -0.430. The molecule has 1 saturated heterocycles. The van der Waals surface area contributed by atoms with E-state index in [1.54, 1.807) is 16.4 Å². The van der Waals surface area contributed by atoms with E-state index >= 15 is 0 Å². The summed E-state index contributed by atoms with van der Waals surface area (Å²) < 4.78 is 27.3. The molecule has 108 valence electrons. The molecular formula is C13H21NO3S2. The normalized spacial score (nSPS) is 22.3. The molecule has 4 nitrogen and oxygen atoms in total. The number of hydrogen-bond acceptors (Lipinski definition) is 4. The summed E-state index contributed by atoms with van der Waals surface area (Å²) in [7, 11) is -3.36. The minimum atomic E-state index is -3.36. The monoisotopic (exact) mass is 303 g/mol. The van der Waals surface area contributed by atoms with Gasteiger partial charge in [0.1, 0.15) is 4.21 Å². The van der Waals surface area contributed by atoms with Gasteiger partial charge in [-0.1, -0.05) is 12.8 Å². The van der Waals surface area contributed by atoms with E-state index in [2.05, 4.69) is 0 Å². The van der Waals surface area contributed by atoms with E-state index in [0.29, 0.717) is 17.2 Å². The summed E-state index contributed by atoms with van der Waals surface area (Å²) in [5.74, 6) is 0. The highest BCUT2D eigenvalue weighted by molar-refractivity contribution is 7.91. The van der Waals surface area contributed by atoms with E-state index in [9.17, 15) is 8.42 Å². The van der Waals surface area contributed by atoms with Gasteiger partial charge in [-0.3, -0.25) is 0 Å². The van der Waals surface area contributed by atoms with Crippen molar-refractivity contribution in [1.82, 2.24) is 4.31 Å². The maximum absolute atomic E-state index is 12.6. The first kappa shape index (κ1) is 15.0. The van der Waals surface area contributed by atoms with Gasteiger partial charge in [-0.05, 0) is 31.9 Å². The van der Waals surface area contributed by atoms with Crippen molar-refractivity contribution >= 4 is 21.4 Å². The molecule has 1 aromatic heterocycles. The number of rotatable bonds is 4. The maximum atomic E-state index is 12.6. The van der Waals surface area contributed by atoms with Gasteiger partial charge < -0.3 is 5.11 Å². The second-order valence-electron chi connectivity index (χ2n) is 5.01. The molecule has 0 aliphatic carbocycles. The third kappa shape index (κ3) is 3.37. The van der Waals surface area contributed by atoms with Gasteiger partial charge in [-0.15, -0.1) is 11.3 Å². The van der Waals surface area contributed by atoms with Crippen LogP contribution >= 0.6 is 11.3 Å². The van der Waals surface area contributed by atoms with Crippen LogP contribution in [0.5, 0.6) is 0 Å². The van der Waals surface area contributed by atoms with Crippen LogP contribution < -0.4 is 0 Å². The Morgan fingerprint density at radius 2 is 2.16 bits per heavy atom. The zero-order chi connectivity index (χ0) is 13.9. The van der Waals surface area contributed by atoms with Crippen LogP contribution in [-0.4, -0.2) is 37.0 Å². The Kier molecular flexibility index (Phi) is 5.00. The molecule has 19 heavy (non-hydrogen) atoms. The molecule has 1 fully saturated rings. The van der Waals surface area contributed by atoms with E-state index in [-0.39, 0.29) is 12.6 Å². The van der Waals surface area contributed by atoms with Crippen molar-refractivity contribution in [1.29, 1.82) is 0 Å². The number of thiophene rings is 1. The molecule has 2 heterocycles. The van der Waals surface area contributed by atoms with E-state index in [1.807, 2.05) is 6.92 Å². The molecule has 1 aliphatic rings. The average molecular weight is 303 g/mol. The van der Waals surface area contributed by atoms with Crippen LogP contribution in [0.3, 0.4) is 0 Å². The van der Waals surface area contributed by atoms with Crippen molar-refractivity contribution in [3.05, 3.63) is 17.0 Å². The largest absolute Gasteiger partial charge is 0.396 e. The van der Waals surface area contributed by atoms with Crippen molar-refractivity contribution in [2.24, 2.45) is 0 Å². The first-order chi connectivity index (χ1) is 9.05. The van der Waals surface area contributed by atoms with Gasteiger partial charge in [0.25, 0.3) is 10.0 Å². The third-order valence-corrected chi connectivity index (χ3v) is 7.18. The third-order valence-electron chi connectivity index (χ3n) is 3.55. The molecule has 1 unspecified atom stereocenters. The van der Waals surface area contributed by atoms with Gasteiger partial charge in [-0.25, -0.2) is 8.42 Å². The predicted molar refractivity (Wildman–Crippen MR) is 76.9 cm³/mol. The first-order valence-corrected chi connectivity index (χ1v) is 9.03. The minimum Gasteiger partial charge on any atom is -0.396 e. The van der Waals surface area contributed by atoms with Gasteiger partial charge in [0, 0.05) is 30.5 Å². The summed E-state index contributed by atoms with van der Waals surface area (Å²) in [6.45, 7) is 2.67. The molecule has 2 rings (SSSR count). The van der Waals surface area contributed by atoms with Crippen molar-refractivity contribution in [2.45, 2.75) is 49.3 Å². The summed E-state index contributed by atoms with van der Waals surface area (Å²) in [6.07, 6.45) is 4.62. The first-order valence-electron chi connectivity index (χ1n) is 6.77. The average Bonchev–Trinajstić information content (AvgIpc) is 2.72. The van der Waals surface area contributed by atoms with Crippen LogP contribution in [0.1, 0.15) is 37.5 Å². The Labute approximate surface area is 119 Å². The number of aliphatic hydroxyl groups is 1. The second-order valence-corrected chi connectivity index (χ2v) is 8.29. The minimum absolute atomic E-state index is 0.0557. The molecule has 0 spiro atoms. The maximum Gasteiger partial charge on any atom is 0.252 e. The zero-order valence-corrected chi connectivity index (χ0v) is 12.8. The van der Waals surface area contributed by atoms with Gasteiger partial charge in [0.05, 0.1) is 0 Å². The fourth-order valence-electron chi connectivity index (χ4n) is 2.46.